The summed E-state index contributed by atoms with van der Waals surface area (Å²) in [4.78, 5) is 0. The van der Waals surface area contributed by atoms with Gasteiger partial charge in [-0.05, 0) is 83.4 Å². The average molecular weight is 691 g/mol. The first-order chi connectivity index (χ1) is 26.7. The molecule has 0 saturated carbocycles. The molecule has 0 radical (unpaired) electrons. The Morgan fingerprint density at radius 1 is 0.481 bits per heavy atom. The molecule has 11 rings (SSSR count). The fourth-order valence-electron chi connectivity index (χ4n) is 8.82. The van der Waals surface area contributed by atoms with Gasteiger partial charge >= 0.3 is 0 Å². The Bertz CT molecular complexity index is 3360. The maximum absolute atomic E-state index is 6.74. The zero-order valence-corrected chi connectivity index (χ0v) is 29.8. The van der Waals surface area contributed by atoms with Crippen LogP contribution in [0.5, 0.6) is 0 Å². The molecule has 0 N–H and O–H groups in total. The summed E-state index contributed by atoms with van der Waals surface area (Å²) < 4.78 is 11.6. The first-order valence-corrected chi connectivity index (χ1v) is 18.5. The second-order valence-corrected chi connectivity index (χ2v) is 14.1. The molecule has 0 amide bonds. The summed E-state index contributed by atoms with van der Waals surface area (Å²) in [6.07, 6.45) is 5.95. The lowest BCUT2D eigenvalue weighted by Crippen LogP contribution is -1.95. The van der Waals surface area contributed by atoms with E-state index in [4.69, 9.17) is 4.42 Å². The lowest BCUT2D eigenvalue weighted by atomic mass is 10.00. The standard InChI is InChI=1S/C51H34N2O/c1-3-13-49-36(4-2)41-27-26-40-43-31-35(25-29-48(43)53(50(40)51(41)54-49)45-23-12-17-33-15-6-8-19-38(33)45)34-24-28-47-42(30-34)39-20-9-10-21-46(39)52(47)44-22-11-16-32-14-5-7-18-37(32)44/h3-31H,2H2,1H3/b13-3-. The van der Waals surface area contributed by atoms with Crippen LogP contribution in [0.4, 0.5) is 0 Å². The second kappa shape index (κ2) is 11.7. The SMILES string of the molecule is C=Cc1c(/C=C\C)oc2c1ccc1c3cc(-c4ccc5c(c4)c4ccccc4n5-c4cccc5ccccc45)ccc3n(-c3cccc4ccccc34)c12. The van der Waals surface area contributed by atoms with Gasteiger partial charge in [0.15, 0.2) is 5.58 Å². The molecule has 0 atom stereocenters. The molecule has 11 aromatic rings. The van der Waals surface area contributed by atoms with Crippen LogP contribution in [0.1, 0.15) is 18.2 Å². The van der Waals surface area contributed by atoms with Gasteiger partial charge in [-0.1, -0.05) is 128 Å². The minimum atomic E-state index is 0.821. The minimum Gasteiger partial charge on any atom is -0.454 e. The number of nitrogens with zero attached hydrogens (tertiary/aromatic N) is 2. The monoisotopic (exact) mass is 690 g/mol. The van der Waals surface area contributed by atoms with E-state index in [0.29, 0.717) is 0 Å². The Hall–Kier alpha value is -7.10. The van der Waals surface area contributed by atoms with E-state index in [-0.39, 0.29) is 0 Å². The molecule has 3 heteroatoms. The molecule has 54 heavy (non-hydrogen) atoms. The molecular formula is C51H34N2O. The van der Waals surface area contributed by atoms with E-state index in [9.17, 15) is 0 Å². The van der Waals surface area contributed by atoms with Gasteiger partial charge in [0.05, 0.1) is 33.4 Å². The summed E-state index contributed by atoms with van der Waals surface area (Å²) in [6.45, 7) is 6.17. The lowest BCUT2D eigenvalue weighted by Gasteiger charge is -2.12. The Balaban J connectivity index is 1.18. The van der Waals surface area contributed by atoms with E-state index in [1.54, 1.807) is 0 Å². The van der Waals surface area contributed by atoms with Gasteiger partial charge in [-0.3, -0.25) is 0 Å². The molecular weight excluding hydrogens is 657 g/mol. The molecule has 3 aromatic heterocycles. The van der Waals surface area contributed by atoms with Crippen LogP contribution in [-0.2, 0) is 0 Å². The van der Waals surface area contributed by atoms with Crippen LogP contribution in [0.3, 0.4) is 0 Å². The number of para-hydroxylation sites is 1. The average Bonchev–Trinajstić information content (AvgIpc) is 3.87. The van der Waals surface area contributed by atoms with E-state index < -0.39 is 0 Å². The van der Waals surface area contributed by atoms with Gasteiger partial charge < -0.3 is 13.6 Å². The van der Waals surface area contributed by atoms with E-state index in [0.717, 1.165) is 44.4 Å². The van der Waals surface area contributed by atoms with Crippen LogP contribution in [0, 0.1) is 0 Å². The summed E-state index contributed by atoms with van der Waals surface area (Å²) in [5.41, 5.74) is 11.1. The smallest absolute Gasteiger partial charge is 0.160 e. The molecule has 0 spiro atoms. The fraction of sp³-hybridized carbons (Fsp3) is 0.0196. The highest BCUT2D eigenvalue weighted by Gasteiger charge is 2.22. The van der Waals surface area contributed by atoms with Crippen molar-refractivity contribution in [2.75, 3.05) is 0 Å². The third-order valence-electron chi connectivity index (χ3n) is 11.2. The van der Waals surface area contributed by atoms with Crippen LogP contribution < -0.4 is 0 Å². The highest BCUT2D eigenvalue weighted by atomic mass is 16.3. The quantitative estimate of drug-likeness (QED) is 0.176. The molecule has 0 saturated heterocycles. The van der Waals surface area contributed by atoms with Gasteiger partial charge in [0, 0.05) is 43.3 Å². The molecule has 3 heterocycles. The largest absolute Gasteiger partial charge is 0.454 e. The van der Waals surface area contributed by atoms with E-state index in [2.05, 4.69) is 173 Å². The number of benzene rings is 8. The van der Waals surface area contributed by atoms with E-state index >= 15 is 0 Å². The Kier molecular flexibility index (Phi) is 6.62. The predicted molar refractivity (Wildman–Crippen MR) is 230 cm³/mol. The first kappa shape index (κ1) is 30.5. The van der Waals surface area contributed by atoms with E-state index in [1.807, 2.05) is 25.2 Å². The lowest BCUT2D eigenvalue weighted by molar-refractivity contribution is 0.605. The number of hydrogen-bond acceptors (Lipinski definition) is 1. The molecule has 0 bridgehead atoms. The summed E-state index contributed by atoms with van der Waals surface area (Å²) in [7, 11) is 0. The van der Waals surface area contributed by atoms with Crippen LogP contribution in [0.2, 0.25) is 0 Å². The number of hydrogen-bond donors (Lipinski definition) is 0. The van der Waals surface area contributed by atoms with Crippen molar-refractivity contribution in [3.05, 3.63) is 182 Å². The van der Waals surface area contributed by atoms with Gasteiger partial charge in [0.2, 0.25) is 0 Å². The van der Waals surface area contributed by atoms with Gasteiger partial charge in [-0.25, -0.2) is 0 Å². The minimum absolute atomic E-state index is 0.821. The number of furan rings is 1. The molecule has 0 unspecified atom stereocenters. The Morgan fingerprint density at radius 2 is 1.02 bits per heavy atom. The van der Waals surface area contributed by atoms with Crippen LogP contribution in [0.25, 0.3) is 111 Å². The van der Waals surface area contributed by atoms with Crippen molar-refractivity contribution in [2.45, 2.75) is 6.92 Å². The zero-order chi connectivity index (χ0) is 35.9. The van der Waals surface area contributed by atoms with Crippen molar-refractivity contribution in [1.29, 1.82) is 0 Å². The van der Waals surface area contributed by atoms with Crippen molar-refractivity contribution in [2.24, 2.45) is 0 Å². The summed E-state index contributed by atoms with van der Waals surface area (Å²) in [5.74, 6) is 0.821. The van der Waals surface area contributed by atoms with Gasteiger partial charge in [-0.15, -0.1) is 0 Å². The first-order valence-electron chi connectivity index (χ1n) is 18.5. The third-order valence-corrected chi connectivity index (χ3v) is 11.2. The second-order valence-electron chi connectivity index (χ2n) is 14.1. The highest BCUT2D eigenvalue weighted by molar-refractivity contribution is 6.20. The summed E-state index contributed by atoms with van der Waals surface area (Å²) >= 11 is 0. The topological polar surface area (TPSA) is 23.0 Å². The molecule has 8 aromatic carbocycles. The van der Waals surface area contributed by atoms with Crippen molar-refractivity contribution in [3.63, 3.8) is 0 Å². The molecule has 0 aliphatic carbocycles. The number of rotatable bonds is 5. The zero-order valence-electron chi connectivity index (χ0n) is 29.8. The van der Waals surface area contributed by atoms with Crippen molar-refractivity contribution < 1.29 is 4.42 Å². The van der Waals surface area contributed by atoms with Crippen LogP contribution in [-0.4, -0.2) is 9.13 Å². The maximum Gasteiger partial charge on any atom is 0.160 e. The van der Waals surface area contributed by atoms with Crippen LogP contribution in [0.15, 0.2) is 175 Å². The summed E-state index contributed by atoms with van der Waals surface area (Å²) in [5, 5.41) is 10.7. The van der Waals surface area contributed by atoms with E-state index in [1.165, 1.54) is 65.6 Å². The van der Waals surface area contributed by atoms with Crippen molar-refractivity contribution in [1.82, 2.24) is 9.13 Å². The molecule has 3 nitrogen and oxygen atoms in total. The summed E-state index contributed by atoms with van der Waals surface area (Å²) in [6, 6.07) is 57.5. The van der Waals surface area contributed by atoms with Gasteiger partial charge in [0.25, 0.3) is 0 Å². The van der Waals surface area contributed by atoms with Crippen molar-refractivity contribution >= 4 is 88.3 Å². The number of aromatic nitrogens is 2. The van der Waals surface area contributed by atoms with Gasteiger partial charge in [-0.2, -0.15) is 0 Å². The maximum atomic E-state index is 6.74. The van der Waals surface area contributed by atoms with Crippen molar-refractivity contribution in [3.8, 4) is 22.5 Å². The number of allylic oxidation sites excluding steroid dienone is 1. The normalized spacial score (nSPS) is 12.2. The molecule has 0 aliphatic heterocycles. The predicted octanol–water partition coefficient (Wildman–Crippen LogP) is 14.3. The Labute approximate surface area is 311 Å². The van der Waals surface area contributed by atoms with Gasteiger partial charge in [0.1, 0.15) is 5.76 Å². The third kappa shape index (κ3) is 4.30. The number of fused-ring (bicyclic) bond motifs is 10. The van der Waals surface area contributed by atoms with Crippen LogP contribution >= 0.6 is 0 Å². The fourth-order valence-corrected chi connectivity index (χ4v) is 8.82. The Morgan fingerprint density at radius 3 is 1.69 bits per heavy atom. The highest BCUT2D eigenvalue weighted by Crippen LogP contribution is 2.43. The molecule has 254 valence electrons. The molecule has 0 fully saturated rings. The molecule has 0 aliphatic rings.